The van der Waals surface area contributed by atoms with Crippen LogP contribution in [0.3, 0.4) is 0 Å². The molecule has 35 heavy (non-hydrogen) atoms. The van der Waals surface area contributed by atoms with Gasteiger partial charge in [0.25, 0.3) is 0 Å². The van der Waals surface area contributed by atoms with E-state index >= 15 is 0 Å². The van der Waals surface area contributed by atoms with E-state index in [1.165, 1.54) is 12.1 Å². The Morgan fingerprint density at radius 1 is 1.09 bits per heavy atom. The van der Waals surface area contributed by atoms with Gasteiger partial charge in [-0.2, -0.15) is 5.10 Å². The molecular formula is C28H36FN3O3. The third-order valence-electron chi connectivity index (χ3n) is 6.02. The van der Waals surface area contributed by atoms with Gasteiger partial charge in [0.15, 0.2) is 0 Å². The molecule has 1 fully saturated rings. The van der Waals surface area contributed by atoms with E-state index in [4.69, 9.17) is 14.6 Å². The normalized spacial score (nSPS) is 14.8. The molecular weight excluding hydrogens is 445 g/mol. The van der Waals surface area contributed by atoms with Crippen molar-refractivity contribution < 1.29 is 19.0 Å². The van der Waals surface area contributed by atoms with E-state index in [0.717, 1.165) is 29.8 Å². The first kappa shape index (κ1) is 25.4. The van der Waals surface area contributed by atoms with Gasteiger partial charge in [-0.25, -0.2) is 9.07 Å². The van der Waals surface area contributed by atoms with Crippen LogP contribution in [0.25, 0.3) is 5.69 Å². The lowest BCUT2D eigenvalue weighted by atomic mass is 10.1. The average molecular weight is 482 g/mol. The van der Waals surface area contributed by atoms with Gasteiger partial charge < -0.3 is 14.6 Å². The predicted molar refractivity (Wildman–Crippen MR) is 135 cm³/mol. The molecule has 1 aliphatic rings. The van der Waals surface area contributed by atoms with Crippen LogP contribution >= 0.6 is 0 Å². The molecule has 0 radical (unpaired) electrons. The van der Waals surface area contributed by atoms with Crippen LogP contribution in [0.1, 0.15) is 57.7 Å². The number of aliphatic hydroxyl groups excluding tert-OH is 1. The molecule has 0 spiro atoms. The quantitative estimate of drug-likeness (QED) is 0.361. The van der Waals surface area contributed by atoms with Crippen molar-refractivity contribution >= 4 is 0 Å². The lowest BCUT2D eigenvalue weighted by molar-refractivity contribution is -0.0108. The van der Waals surface area contributed by atoms with Crippen molar-refractivity contribution in [1.29, 1.82) is 0 Å². The standard InChI is InChI=1S/C28H36FN3O3/c1-19(2)27-26(17-31(22-13-14-22)16-24(33)18-34-20(3)4)28(35-25-12-8-9-21(29)15-25)32(30-27)23-10-6-5-7-11-23/h5-12,15,19-20,22,24,33H,13-14,16-18H2,1-4H3/t24-/m1/s1. The fraction of sp³-hybridized carbons (Fsp3) is 0.464. The van der Waals surface area contributed by atoms with Crippen molar-refractivity contribution in [1.82, 2.24) is 14.7 Å². The number of benzene rings is 2. The van der Waals surface area contributed by atoms with Gasteiger partial charge in [0.2, 0.25) is 5.88 Å². The summed E-state index contributed by atoms with van der Waals surface area (Å²) in [4.78, 5) is 2.30. The minimum atomic E-state index is -0.586. The number of para-hydroxylation sites is 1. The van der Waals surface area contributed by atoms with E-state index in [0.29, 0.717) is 37.4 Å². The highest BCUT2D eigenvalue weighted by Gasteiger charge is 2.33. The van der Waals surface area contributed by atoms with Gasteiger partial charge in [-0.15, -0.1) is 0 Å². The Balaban J connectivity index is 1.71. The molecule has 2 aromatic carbocycles. The van der Waals surface area contributed by atoms with Crippen molar-refractivity contribution in [2.75, 3.05) is 13.2 Å². The third kappa shape index (κ3) is 6.69. The van der Waals surface area contributed by atoms with Crippen molar-refractivity contribution in [3.05, 3.63) is 71.7 Å². The molecule has 7 heteroatoms. The third-order valence-corrected chi connectivity index (χ3v) is 6.02. The maximum atomic E-state index is 14.0. The van der Waals surface area contributed by atoms with E-state index in [-0.39, 0.29) is 17.8 Å². The van der Waals surface area contributed by atoms with Crippen LogP contribution in [-0.2, 0) is 11.3 Å². The summed E-state index contributed by atoms with van der Waals surface area (Å²) in [6.45, 7) is 9.54. The molecule has 0 saturated heterocycles. The lowest BCUT2D eigenvalue weighted by Gasteiger charge is -2.26. The molecule has 0 aliphatic heterocycles. The number of ether oxygens (including phenoxy) is 2. The van der Waals surface area contributed by atoms with Gasteiger partial charge in [-0.05, 0) is 56.9 Å². The van der Waals surface area contributed by atoms with E-state index < -0.39 is 6.10 Å². The maximum absolute atomic E-state index is 14.0. The monoisotopic (exact) mass is 481 g/mol. The summed E-state index contributed by atoms with van der Waals surface area (Å²) in [6.07, 6.45) is 1.68. The van der Waals surface area contributed by atoms with Gasteiger partial charge >= 0.3 is 0 Å². The molecule has 4 rings (SSSR count). The fourth-order valence-corrected chi connectivity index (χ4v) is 4.17. The summed E-state index contributed by atoms with van der Waals surface area (Å²) >= 11 is 0. The molecule has 0 unspecified atom stereocenters. The van der Waals surface area contributed by atoms with Crippen LogP contribution < -0.4 is 4.74 Å². The van der Waals surface area contributed by atoms with E-state index in [1.807, 2.05) is 44.2 Å². The molecule has 6 nitrogen and oxygen atoms in total. The Hall–Kier alpha value is -2.74. The first-order chi connectivity index (χ1) is 16.8. The molecule has 1 N–H and O–H groups in total. The minimum Gasteiger partial charge on any atom is -0.438 e. The van der Waals surface area contributed by atoms with Crippen molar-refractivity contribution in [2.24, 2.45) is 0 Å². The Kier molecular flexibility index (Phi) is 8.21. The molecule has 3 aromatic rings. The highest BCUT2D eigenvalue weighted by Crippen LogP contribution is 2.37. The Morgan fingerprint density at radius 2 is 1.83 bits per heavy atom. The zero-order chi connectivity index (χ0) is 24.9. The van der Waals surface area contributed by atoms with Gasteiger partial charge in [-0.1, -0.05) is 38.1 Å². The Morgan fingerprint density at radius 3 is 2.46 bits per heavy atom. The van der Waals surface area contributed by atoms with E-state index in [2.05, 4.69) is 18.7 Å². The molecule has 1 atom stereocenters. The molecule has 1 aliphatic carbocycles. The van der Waals surface area contributed by atoms with Crippen LogP contribution in [-0.4, -0.2) is 51.2 Å². The zero-order valence-electron chi connectivity index (χ0n) is 21.0. The summed E-state index contributed by atoms with van der Waals surface area (Å²) in [6, 6.07) is 16.4. The molecule has 1 saturated carbocycles. The second-order valence-corrected chi connectivity index (χ2v) is 9.83. The summed E-state index contributed by atoms with van der Waals surface area (Å²) in [5.74, 6) is 0.790. The predicted octanol–water partition coefficient (Wildman–Crippen LogP) is 5.68. The molecule has 1 aromatic heterocycles. The number of hydrogen-bond donors (Lipinski definition) is 1. The van der Waals surface area contributed by atoms with Crippen molar-refractivity contribution in [3.8, 4) is 17.3 Å². The number of hydrogen-bond acceptors (Lipinski definition) is 5. The largest absolute Gasteiger partial charge is 0.438 e. The van der Waals surface area contributed by atoms with Gasteiger partial charge in [-0.3, -0.25) is 4.90 Å². The van der Waals surface area contributed by atoms with Gasteiger partial charge in [0, 0.05) is 25.2 Å². The molecule has 1 heterocycles. The van der Waals surface area contributed by atoms with Gasteiger partial charge in [0.05, 0.1) is 35.8 Å². The number of aromatic nitrogens is 2. The van der Waals surface area contributed by atoms with Crippen LogP contribution in [0.4, 0.5) is 4.39 Å². The number of aliphatic hydroxyl groups is 1. The first-order valence-electron chi connectivity index (χ1n) is 12.5. The van der Waals surface area contributed by atoms with Crippen LogP contribution in [0.2, 0.25) is 0 Å². The summed E-state index contributed by atoms with van der Waals surface area (Å²) < 4.78 is 27.8. The summed E-state index contributed by atoms with van der Waals surface area (Å²) in [5, 5.41) is 15.6. The smallest absolute Gasteiger partial charge is 0.227 e. The molecule has 0 bridgehead atoms. The number of halogens is 1. The summed E-state index contributed by atoms with van der Waals surface area (Å²) in [7, 11) is 0. The molecule has 0 amide bonds. The van der Waals surface area contributed by atoms with E-state index in [1.54, 1.807) is 16.8 Å². The maximum Gasteiger partial charge on any atom is 0.227 e. The zero-order valence-corrected chi connectivity index (χ0v) is 21.0. The Bertz CT molecular complexity index is 1100. The minimum absolute atomic E-state index is 0.0712. The number of rotatable bonds is 12. The Labute approximate surface area is 207 Å². The molecule has 188 valence electrons. The fourth-order valence-electron chi connectivity index (χ4n) is 4.17. The number of nitrogens with zero attached hydrogens (tertiary/aromatic N) is 3. The second kappa shape index (κ2) is 11.3. The van der Waals surface area contributed by atoms with E-state index in [9.17, 15) is 9.50 Å². The average Bonchev–Trinajstić information content (AvgIpc) is 3.61. The van der Waals surface area contributed by atoms with Crippen LogP contribution in [0.15, 0.2) is 54.6 Å². The summed E-state index contributed by atoms with van der Waals surface area (Å²) in [5.41, 5.74) is 2.76. The SMILES string of the molecule is CC(C)OC[C@H](O)CN(Cc1c(C(C)C)nn(-c2ccccc2)c1Oc1cccc(F)c1)C1CC1. The first-order valence-corrected chi connectivity index (χ1v) is 12.5. The van der Waals surface area contributed by atoms with Crippen LogP contribution in [0.5, 0.6) is 11.6 Å². The topological polar surface area (TPSA) is 59.8 Å². The second-order valence-electron chi connectivity index (χ2n) is 9.83. The highest BCUT2D eigenvalue weighted by molar-refractivity contribution is 5.44. The van der Waals surface area contributed by atoms with Crippen molar-refractivity contribution in [3.63, 3.8) is 0 Å². The van der Waals surface area contributed by atoms with Gasteiger partial charge in [0.1, 0.15) is 11.6 Å². The van der Waals surface area contributed by atoms with Crippen LogP contribution in [0, 0.1) is 5.82 Å². The van der Waals surface area contributed by atoms with Crippen molar-refractivity contribution in [2.45, 2.75) is 71.2 Å². The highest BCUT2D eigenvalue weighted by atomic mass is 19.1. The lowest BCUT2D eigenvalue weighted by Crippen LogP contribution is -2.36.